The average Bonchev–Trinajstić information content (AvgIpc) is 2.89. The van der Waals surface area contributed by atoms with Gasteiger partial charge in [0.15, 0.2) is 0 Å². The lowest BCUT2D eigenvalue weighted by molar-refractivity contribution is 0.628. The van der Waals surface area contributed by atoms with E-state index in [0.717, 1.165) is 48.6 Å². The summed E-state index contributed by atoms with van der Waals surface area (Å²) in [5.41, 5.74) is 4.09. The first kappa shape index (κ1) is 13.9. The Hall–Kier alpha value is -2.01. The summed E-state index contributed by atoms with van der Waals surface area (Å²) in [6, 6.07) is 4.92. The van der Waals surface area contributed by atoms with Crippen LogP contribution in [0.5, 0.6) is 0 Å². The van der Waals surface area contributed by atoms with Crippen LogP contribution in [0, 0.1) is 12.7 Å². The van der Waals surface area contributed by atoms with Crippen molar-refractivity contribution in [1.29, 1.82) is 0 Å². The molecule has 2 heterocycles. The number of aryl methyl sites for hydroxylation is 1. The topological polar surface area (TPSA) is 41.1 Å². The number of aromatic nitrogens is 2. The highest BCUT2D eigenvalue weighted by Crippen LogP contribution is 2.33. The van der Waals surface area contributed by atoms with Crippen LogP contribution in [-0.4, -0.2) is 23.1 Å². The molecule has 110 valence electrons. The quantitative estimate of drug-likeness (QED) is 0.938. The molecule has 1 aliphatic heterocycles. The van der Waals surface area contributed by atoms with Gasteiger partial charge in [0.2, 0.25) is 5.95 Å². The lowest BCUT2D eigenvalue weighted by atomic mass is 10.2. The third-order valence-electron chi connectivity index (χ3n) is 3.82. The van der Waals surface area contributed by atoms with Crippen LogP contribution in [0.4, 0.5) is 16.0 Å². The van der Waals surface area contributed by atoms with Gasteiger partial charge in [0, 0.05) is 30.5 Å². The third-order valence-corrected chi connectivity index (χ3v) is 3.82. The number of hydrogen-bond acceptors (Lipinski definition) is 4. The lowest BCUT2D eigenvalue weighted by Gasteiger charge is -2.18. The Balaban J connectivity index is 1.89. The molecule has 1 N–H and O–H groups in total. The van der Waals surface area contributed by atoms with Crippen molar-refractivity contribution in [1.82, 2.24) is 15.3 Å². The molecule has 0 unspecified atom stereocenters. The molecule has 1 aliphatic rings. The smallest absolute Gasteiger partial charge is 0.230 e. The molecule has 3 rings (SSSR count). The van der Waals surface area contributed by atoms with Gasteiger partial charge in [-0.25, -0.2) is 14.4 Å². The fraction of sp³-hybridized carbons (Fsp3) is 0.375. The van der Waals surface area contributed by atoms with Crippen LogP contribution in [-0.2, 0) is 13.0 Å². The first-order valence-corrected chi connectivity index (χ1v) is 7.28. The Morgan fingerprint density at radius 2 is 2.24 bits per heavy atom. The van der Waals surface area contributed by atoms with Gasteiger partial charge in [-0.3, -0.25) is 0 Å². The van der Waals surface area contributed by atoms with E-state index in [1.54, 1.807) is 6.07 Å². The minimum absolute atomic E-state index is 0.221. The molecule has 4 nitrogen and oxygen atoms in total. The van der Waals surface area contributed by atoms with Gasteiger partial charge < -0.3 is 10.2 Å². The van der Waals surface area contributed by atoms with Gasteiger partial charge in [0.05, 0.1) is 5.69 Å². The fourth-order valence-corrected chi connectivity index (χ4v) is 2.60. The molecule has 1 aromatic carbocycles. The van der Waals surface area contributed by atoms with Gasteiger partial charge in [0.25, 0.3) is 0 Å². The summed E-state index contributed by atoms with van der Waals surface area (Å²) in [6.07, 6.45) is 2.76. The Morgan fingerprint density at radius 3 is 3.00 bits per heavy atom. The number of rotatable bonds is 4. The van der Waals surface area contributed by atoms with Gasteiger partial charge in [-0.15, -0.1) is 0 Å². The molecule has 2 aromatic rings. The van der Waals surface area contributed by atoms with Crippen molar-refractivity contribution in [2.45, 2.75) is 26.8 Å². The zero-order chi connectivity index (χ0) is 14.8. The van der Waals surface area contributed by atoms with Crippen molar-refractivity contribution in [3.8, 4) is 0 Å². The summed E-state index contributed by atoms with van der Waals surface area (Å²) >= 11 is 0. The maximum Gasteiger partial charge on any atom is 0.230 e. The molecule has 0 spiro atoms. The van der Waals surface area contributed by atoms with Crippen molar-refractivity contribution in [2.75, 3.05) is 18.0 Å². The summed E-state index contributed by atoms with van der Waals surface area (Å²) in [5.74, 6) is 0.429. The van der Waals surface area contributed by atoms with E-state index < -0.39 is 0 Å². The predicted molar refractivity (Wildman–Crippen MR) is 81.3 cm³/mol. The number of benzene rings is 1. The highest BCUT2D eigenvalue weighted by atomic mass is 19.1. The van der Waals surface area contributed by atoms with Gasteiger partial charge in [-0.1, -0.05) is 13.0 Å². The molecule has 0 atom stereocenters. The molecule has 0 bridgehead atoms. The zero-order valence-corrected chi connectivity index (χ0v) is 12.4. The standard InChI is InChI=1S/C16H19FN4/c1-3-18-9-13-10-19-16(20-11(13)2)21-7-6-12-4-5-14(17)8-15(12)21/h4-5,8,10,18H,3,6-7,9H2,1-2H3. The van der Waals surface area contributed by atoms with E-state index in [1.165, 1.54) is 6.07 Å². The molecule has 0 fully saturated rings. The van der Waals surface area contributed by atoms with Gasteiger partial charge in [-0.05, 0) is 37.6 Å². The van der Waals surface area contributed by atoms with Crippen molar-refractivity contribution in [2.24, 2.45) is 0 Å². The van der Waals surface area contributed by atoms with Gasteiger partial charge in [0.1, 0.15) is 5.82 Å². The van der Waals surface area contributed by atoms with Crippen molar-refractivity contribution in [3.63, 3.8) is 0 Å². The number of nitrogens with zero attached hydrogens (tertiary/aromatic N) is 3. The Labute approximate surface area is 124 Å². The Bertz CT molecular complexity index is 657. The highest BCUT2D eigenvalue weighted by Gasteiger charge is 2.23. The Kier molecular flexibility index (Phi) is 3.84. The van der Waals surface area contributed by atoms with E-state index in [-0.39, 0.29) is 5.82 Å². The second-order valence-electron chi connectivity index (χ2n) is 5.24. The molecule has 0 saturated carbocycles. The zero-order valence-electron chi connectivity index (χ0n) is 12.4. The molecule has 0 amide bonds. The number of anilines is 2. The van der Waals surface area contributed by atoms with Crippen LogP contribution in [0.3, 0.4) is 0 Å². The Morgan fingerprint density at radius 1 is 1.38 bits per heavy atom. The molecule has 0 radical (unpaired) electrons. The van der Waals surface area contributed by atoms with E-state index >= 15 is 0 Å². The molecule has 0 aliphatic carbocycles. The fourth-order valence-electron chi connectivity index (χ4n) is 2.60. The second kappa shape index (κ2) is 5.77. The highest BCUT2D eigenvalue weighted by molar-refractivity contribution is 5.65. The van der Waals surface area contributed by atoms with Crippen LogP contribution in [0.15, 0.2) is 24.4 Å². The van der Waals surface area contributed by atoms with Gasteiger partial charge >= 0.3 is 0 Å². The summed E-state index contributed by atoms with van der Waals surface area (Å²) in [5, 5.41) is 3.27. The maximum atomic E-state index is 13.5. The molecular weight excluding hydrogens is 267 g/mol. The van der Waals surface area contributed by atoms with Crippen LogP contribution >= 0.6 is 0 Å². The minimum Gasteiger partial charge on any atom is -0.313 e. The monoisotopic (exact) mass is 286 g/mol. The van der Waals surface area contributed by atoms with E-state index in [1.807, 2.05) is 24.1 Å². The van der Waals surface area contributed by atoms with Crippen LogP contribution < -0.4 is 10.2 Å². The van der Waals surface area contributed by atoms with E-state index in [2.05, 4.69) is 22.2 Å². The number of halogens is 1. The summed E-state index contributed by atoms with van der Waals surface area (Å²) in [6.45, 7) is 6.54. The number of hydrogen-bond donors (Lipinski definition) is 1. The number of fused-ring (bicyclic) bond motifs is 1. The predicted octanol–water partition coefficient (Wildman–Crippen LogP) is 2.73. The van der Waals surface area contributed by atoms with E-state index in [4.69, 9.17) is 0 Å². The second-order valence-corrected chi connectivity index (χ2v) is 5.24. The van der Waals surface area contributed by atoms with Crippen molar-refractivity contribution < 1.29 is 4.39 Å². The van der Waals surface area contributed by atoms with Crippen molar-refractivity contribution in [3.05, 3.63) is 47.0 Å². The third kappa shape index (κ3) is 2.74. The molecule has 0 saturated heterocycles. The van der Waals surface area contributed by atoms with Crippen molar-refractivity contribution >= 4 is 11.6 Å². The average molecular weight is 286 g/mol. The molecular formula is C16H19FN4. The van der Waals surface area contributed by atoms with Crippen LogP contribution in [0.2, 0.25) is 0 Å². The lowest BCUT2D eigenvalue weighted by Crippen LogP contribution is -2.19. The summed E-state index contributed by atoms with van der Waals surface area (Å²) < 4.78 is 13.5. The first-order valence-electron chi connectivity index (χ1n) is 7.28. The summed E-state index contributed by atoms with van der Waals surface area (Å²) in [7, 11) is 0. The molecule has 1 aromatic heterocycles. The number of nitrogens with one attached hydrogen (secondary N) is 1. The normalized spacial score (nSPS) is 13.6. The first-order chi connectivity index (χ1) is 10.2. The van der Waals surface area contributed by atoms with E-state index in [9.17, 15) is 4.39 Å². The summed E-state index contributed by atoms with van der Waals surface area (Å²) in [4.78, 5) is 11.0. The maximum absolute atomic E-state index is 13.5. The van der Waals surface area contributed by atoms with Crippen LogP contribution in [0.1, 0.15) is 23.7 Å². The molecule has 5 heteroatoms. The molecule has 21 heavy (non-hydrogen) atoms. The SMILES string of the molecule is CCNCc1cnc(N2CCc3ccc(F)cc32)nc1C. The van der Waals surface area contributed by atoms with Crippen LogP contribution in [0.25, 0.3) is 0 Å². The van der Waals surface area contributed by atoms with E-state index in [0.29, 0.717) is 5.95 Å². The van der Waals surface area contributed by atoms with Gasteiger partial charge in [-0.2, -0.15) is 0 Å². The largest absolute Gasteiger partial charge is 0.313 e. The minimum atomic E-state index is -0.221.